The zero-order valence-corrected chi connectivity index (χ0v) is 16.0. The van der Waals surface area contributed by atoms with Crippen LogP contribution in [0.15, 0.2) is 82.8 Å². The first kappa shape index (κ1) is 19.5. The fourth-order valence-electron chi connectivity index (χ4n) is 2.97. The molecule has 1 N–H and O–H groups in total. The lowest BCUT2D eigenvalue weighted by Crippen LogP contribution is -2.14. The Morgan fingerprint density at radius 3 is 2.58 bits per heavy atom. The Labute approximate surface area is 176 Å². The van der Waals surface area contributed by atoms with Crippen molar-refractivity contribution < 1.29 is 14.1 Å². The van der Waals surface area contributed by atoms with Gasteiger partial charge in [0.15, 0.2) is 5.58 Å². The third kappa shape index (κ3) is 4.16. The van der Waals surface area contributed by atoms with Crippen LogP contribution in [-0.4, -0.2) is 15.8 Å². The van der Waals surface area contributed by atoms with Gasteiger partial charge in [0, 0.05) is 6.07 Å². The molecule has 8 heteroatoms. The van der Waals surface area contributed by atoms with Gasteiger partial charge in [-0.1, -0.05) is 42.5 Å². The largest absolute Gasteiger partial charge is 0.436 e. The Balaban J connectivity index is 1.67. The highest BCUT2D eigenvalue weighted by molar-refractivity contribution is 6.11. The number of nitro benzene ring substituents is 1. The van der Waals surface area contributed by atoms with E-state index in [2.05, 4.69) is 10.3 Å². The summed E-state index contributed by atoms with van der Waals surface area (Å²) in [5, 5.41) is 23.1. The molecule has 0 radical (unpaired) electrons. The number of nitrogens with one attached hydrogen (secondary N) is 1. The van der Waals surface area contributed by atoms with Crippen molar-refractivity contribution >= 4 is 34.5 Å². The molecule has 3 aromatic carbocycles. The number of fused-ring (bicyclic) bond motifs is 1. The number of aromatic nitrogens is 1. The van der Waals surface area contributed by atoms with Gasteiger partial charge in [0.2, 0.25) is 5.89 Å². The predicted octanol–water partition coefficient (Wildman–Crippen LogP) is 4.95. The lowest BCUT2D eigenvalue weighted by Gasteiger charge is -2.08. The molecule has 1 amide bonds. The van der Waals surface area contributed by atoms with Gasteiger partial charge < -0.3 is 9.73 Å². The van der Waals surface area contributed by atoms with E-state index in [-0.39, 0.29) is 22.7 Å². The number of oxazole rings is 1. The van der Waals surface area contributed by atoms with Gasteiger partial charge in [-0.2, -0.15) is 5.26 Å². The summed E-state index contributed by atoms with van der Waals surface area (Å²) in [6.07, 6.45) is 1.50. The Kier molecular flexibility index (Phi) is 5.24. The molecule has 8 nitrogen and oxygen atoms in total. The van der Waals surface area contributed by atoms with E-state index in [1.54, 1.807) is 36.4 Å². The second-order valence-corrected chi connectivity index (χ2v) is 6.51. The second-order valence-electron chi connectivity index (χ2n) is 6.51. The van der Waals surface area contributed by atoms with Crippen molar-refractivity contribution in [3.63, 3.8) is 0 Å². The number of nitrogens with zero attached hydrogens (tertiary/aromatic N) is 3. The van der Waals surface area contributed by atoms with Crippen molar-refractivity contribution in [1.82, 2.24) is 4.98 Å². The molecule has 0 unspecified atom stereocenters. The first-order valence-corrected chi connectivity index (χ1v) is 9.18. The third-order valence-electron chi connectivity index (χ3n) is 4.46. The summed E-state index contributed by atoms with van der Waals surface area (Å²) in [6, 6.07) is 21.9. The SMILES string of the molecule is N#CC(=Cc1ccccc1)C(=O)Nc1ccccc1-c1nc2ccc([N+](=O)[O-])cc2o1. The van der Waals surface area contributed by atoms with E-state index in [9.17, 15) is 20.2 Å². The molecule has 0 saturated carbocycles. The smallest absolute Gasteiger partial charge is 0.273 e. The molecule has 0 aliphatic rings. The van der Waals surface area contributed by atoms with Crippen molar-refractivity contribution in [2.75, 3.05) is 5.32 Å². The summed E-state index contributed by atoms with van der Waals surface area (Å²) in [4.78, 5) is 27.5. The number of nitro groups is 1. The highest BCUT2D eigenvalue weighted by atomic mass is 16.6. The Morgan fingerprint density at radius 1 is 1.10 bits per heavy atom. The lowest BCUT2D eigenvalue weighted by atomic mass is 10.1. The van der Waals surface area contributed by atoms with Crippen LogP contribution in [0.5, 0.6) is 0 Å². The minimum Gasteiger partial charge on any atom is -0.436 e. The first-order valence-electron chi connectivity index (χ1n) is 9.18. The van der Waals surface area contributed by atoms with E-state index in [0.29, 0.717) is 16.8 Å². The molecule has 0 fully saturated rings. The molecular weight excluding hydrogens is 396 g/mol. The van der Waals surface area contributed by atoms with E-state index in [1.807, 2.05) is 24.3 Å². The average molecular weight is 410 g/mol. The highest BCUT2D eigenvalue weighted by Crippen LogP contribution is 2.31. The molecular formula is C23H14N4O4. The number of carbonyl (C=O) groups excluding carboxylic acids is 1. The van der Waals surface area contributed by atoms with Crippen LogP contribution in [0, 0.1) is 21.4 Å². The minimum atomic E-state index is -0.578. The van der Waals surface area contributed by atoms with E-state index < -0.39 is 10.8 Å². The monoisotopic (exact) mass is 410 g/mol. The van der Waals surface area contributed by atoms with Gasteiger partial charge in [0.05, 0.1) is 22.2 Å². The van der Waals surface area contributed by atoms with Crippen molar-refractivity contribution in [3.8, 4) is 17.5 Å². The van der Waals surface area contributed by atoms with Crippen LogP contribution < -0.4 is 5.32 Å². The molecule has 1 aromatic heterocycles. The van der Waals surface area contributed by atoms with Crippen LogP contribution in [0.4, 0.5) is 11.4 Å². The molecule has 0 saturated heterocycles. The van der Waals surface area contributed by atoms with Crippen LogP contribution in [0.1, 0.15) is 5.56 Å². The van der Waals surface area contributed by atoms with Gasteiger partial charge in [-0.25, -0.2) is 4.98 Å². The molecule has 1 heterocycles. The number of rotatable bonds is 5. The Bertz CT molecular complexity index is 1370. The molecule has 0 aliphatic heterocycles. The van der Waals surface area contributed by atoms with Crippen molar-refractivity contribution in [2.45, 2.75) is 0 Å². The van der Waals surface area contributed by atoms with Gasteiger partial charge in [-0.3, -0.25) is 14.9 Å². The number of hydrogen-bond acceptors (Lipinski definition) is 6. The molecule has 4 aromatic rings. The molecule has 0 bridgehead atoms. The minimum absolute atomic E-state index is 0.0609. The van der Waals surface area contributed by atoms with E-state index >= 15 is 0 Å². The Hall–Kier alpha value is -4.77. The van der Waals surface area contributed by atoms with Gasteiger partial charge in [0.25, 0.3) is 11.6 Å². The average Bonchev–Trinajstić information content (AvgIpc) is 3.21. The number of carbonyl (C=O) groups is 1. The molecule has 150 valence electrons. The van der Waals surface area contributed by atoms with Crippen molar-refractivity contribution in [1.29, 1.82) is 5.26 Å². The van der Waals surface area contributed by atoms with Crippen LogP contribution in [0.25, 0.3) is 28.6 Å². The maximum Gasteiger partial charge on any atom is 0.273 e. The van der Waals surface area contributed by atoms with Crippen LogP contribution in [0.2, 0.25) is 0 Å². The van der Waals surface area contributed by atoms with Gasteiger partial charge in [-0.05, 0) is 29.8 Å². The number of hydrogen-bond donors (Lipinski definition) is 1. The molecule has 0 aliphatic carbocycles. The third-order valence-corrected chi connectivity index (χ3v) is 4.46. The number of non-ortho nitro benzene ring substituents is 1. The molecule has 31 heavy (non-hydrogen) atoms. The van der Waals surface area contributed by atoms with E-state index in [1.165, 1.54) is 24.3 Å². The van der Waals surface area contributed by atoms with Gasteiger partial charge >= 0.3 is 0 Å². The van der Waals surface area contributed by atoms with Crippen molar-refractivity contribution in [2.24, 2.45) is 0 Å². The Morgan fingerprint density at radius 2 is 1.84 bits per heavy atom. The summed E-state index contributed by atoms with van der Waals surface area (Å²) < 4.78 is 5.70. The fraction of sp³-hybridized carbons (Fsp3) is 0. The van der Waals surface area contributed by atoms with Gasteiger partial charge in [0.1, 0.15) is 17.2 Å². The number of anilines is 1. The van der Waals surface area contributed by atoms with Crippen molar-refractivity contribution in [3.05, 3.63) is 94.0 Å². The first-order chi connectivity index (χ1) is 15.0. The van der Waals surface area contributed by atoms with Crippen LogP contribution >= 0.6 is 0 Å². The quantitative estimate of drug-likeness (QED) is 0.215. The topological polar surface area (TPSA) is 122 Å². The highest BCUT2D eigenvalue weighted by Gasteiger charge is 2.17. The van der Waals surface area contributed by atoms with E-state index in [0.717, 1.165) is 5.56 Å². The molecule has 0 atom stereocenters. The number of nitriles is 1. The van der Waals surface area contributed by atoms with E-state index in [4.69, 9.17) is 4.42 Å². The zero-order valence-electron chi connectivity index (χ0n) is 16.0. The summed E-state index contributed by atoms with van der Waals surface area (Å²) in [5.74, 6) is -0.387. The van der Waals surface area contributed by atoms with Gasteiger partial charge in [-0.15, -0.1) is 0 Å². The predicted molar refractivity (Wildman–Crippen MR) is 115 cm³/mol. The summed E-state index contributed by atoms with van der Waals surface area (Å²) in [7, 11) is 0. The number of para-hydroxylation sites is 1. The zero-order chi connectivity index (χ0) is 21.8. The lowest BCUT2D eigenvalue weighted by molar-refractivity contribution is -0.384. The number of benzene rings is 3. The van der Waals surface area contributed by atoms with Crippen LogP contribution in [0.3, 0.4) is 0 Å². The standard InChI is InChI=1S/C23H14N4O4/c24-14-16(12-15-6-2-1-3-7-15)22(28)25-19-9-5-4-8-18(19)23-26-20-11-10-17(27(29)30)13-21(20)31-23/h1-13H,(H,25,28). The second kappa shape index (κ2) is 8.31. The maximum atomic E-state index is 12.7. The maximum absolute atomic E-state index is 12.7. The molecule has 4 rings (SSSR count). The molecule has 0 spiro atoms. The summed E-state index contributed by atoms with van der Waals surface area (Å²) in [6.45, 7) is 0. The normalized spacial score (nSPS) is 11.1. The number of amides is 1. The summed E-state index contributed by atoms with van der Waals surface area (Å²) >= 11 is 0. The fourth-order valence-corrected chi connectivity index (χ4v) is 2.97. The summed E-state index contributed by atoms with van der Waals surface area (Å²) in [5.41, 5.74) is 2.13. The van der Waals surface area contributed by atoms with Crippen LogP contribution in [-0.2, 0) is 4.79 Å².